The summed E-state index contributed by atoms with van der Waals surface area (Å²) in [5.74, 6) is 0. The zero-order chi connectivity index (χ0) is 19.0. The number of ether oxygens (including phenoxy) is 2. The summed E-state index contributed by atoms with van der Waals surface area (Å²) < 4.78 is 11.3. The number of thioether (sulfide) groups is 1. The Morgan fingerprint density at radius 2 is 2.08 bits per heavy atom. The minimum absolute atomic E-state index is 0.188. The highest BCUT2D eigenvalue weighted by Crippen LogP contribution is 2.23. The quantitative estimate of drug-likeness (QED) is 0.519. The average molecular weight is 382 g/mol. The molecule has 0 bridgehead atoms. The van der Waals surface area contributed by atoms with Crippen LogP contribution in [0.4, 0.5) is 4.79 Å². The third kappa shape index (κ3) is 6.76. The highest BCUT2D eigenvalue weighted by atomic mass is 32.2. The maximum atomic E-state index is 12.4. The van der Waals surface area contributed by atoms with Gasteiger partial charge in [0.25, 0.3) is 0 Å². The predicted molar refractivity (Wildman–Crippen MR) is 103 cm³/mol. The molecule has 6 nitrogen and oxygen atoms in total. The van der Waals surface area contributed by atoms with Crippen molar-refractivity contribution < 1.29 is 14.3 Å². The van der Waals surface area contributed by atoms with Crippen LogP contribution in [0.25, 0.3) is 0 Å². The van der Waals surface area contributed by atoms with Crippen LogP contribution in [0, 0.1) is 0 Å². The molecule has 0 saturated carbocycles. The number of rotatable bonds is 7. The summed E-state index contributed by atoms with van der Waals surface area (Å²) in [4.78, 5) is 22.9. The number of nitrogens with zero attached hydrogens (tertiary/aromatic N) is 3. The first-order chi connectivity index (χ1) is 12.4. The smallest absolute Gasteiger partial charge is 0.410 e. The Bertz CT molecular complexity index is 577. The van der Waals surface area contributed by atoms with Crippen LogP contribution in [0.5, 0.6) is 0 Å². The minimum Gasteiger partial charge on any atom is -0.444 e. The van der Waals surface area contributed by atoms with Gasteiger partial charge in [0.1, 0.15) is 10.6 Å². The molecule has 1 saturated heterocycles. The Morgan fingerprint density at radius 1 is 1.31 bits per heavy atom. The molecule has 0 unspecified atom stereocenters. The van der Waals surface area contributed by atoms with E-state index in [1.165, 1.54) is 6.42 Å². The Kier molecular flexibility index (Phi) is 8.15. The van der Waals surface area contributed by atoms with Crippen LogP contribution >= 0.6 is 11.8 Å². The van der Waals surface area contributed by atoms with E-state index in [0.717, 1.165) is 42.9 Å². The number of carbonyl (C=O) groups excluding carboxylic acids is 1. The van der Waals surface area contributed by atoms with Gasteiger partial charge in [-0.15, -0.1) is 11.8 Å². The summed E-state index contributed by atoms with van der Waals surface area (Å²) >= 11 is 1.58. The molecule has 1 aromatic rings. The fraction of sp³-hybridized carbons (Fsp3) is 0.737. The zero-order valence-corrected chi connectivity index (χ0v) is 17.2. The molecular formula is C19H31N3O3S. The van der Waals surface area contributed by atoms with Gasteiger partial charge >= 0.3 is 6.09 Å². The van der Waals surface area contributed by atoms with E-state index < -0.39 is 5.60 Å². The van der Waals surface area contributed by atoms with E-state index in [1.54, 1.807) is 24.2 Å². The summed E-state index contributed by atoms with van der Waals surface area (Å²) in [5.41, 5.74) is 0.432. The van der Waals surface area contributed by atoms with Crippen molar-refractivity contribution in [2.75, 3.05) is 19.4 Å². The maximum Gasteiger partial charge on any atom is 0.410 e. The third-order valence-corrected chi connectivity index (χ3v) is 4.98. The summed E-state index contributed by atoms with van der Waals surface area (Å²) in [5, 5.41) is 0.913. The number of aromatic nitrogens is 2. The molecule has 2 rings (SSSR count). The van der Waals surface area contributed by atoms with Gasteiger partial charge in [0.05, 0.1) is 12.3 Å². The van der Waals surface area contributed by atoms with Crippen LogP contribution in [0.15, 0.2) is 17.4 Å². The minimum atomic E-state index is -0.450. The Hall–Kier alpha value is -1.34. The molecule has 26 heavy (non-hydrogen) atoms. The van der Waals surface area contributed by atoms with Crippen molar-refractivity contribution in [3.05, 3.63) is 18.1 Å². The Labute approximate surface area is 161 Å². The molecule has 0 N–H and O–H groups in total. The standard InChI is InChI=1S/C19H31N3O3S/c1-19(2,3)25-18(23)22-12-6-5-8-15(22)9-7-13-24-14-16-17(26-4)21-11-10-20-16/h10-11,15H,5-9,12-14H2,1-4H3/t15-/m1/s1. The number of hydrogen-bond donors (Lipinski definition) is 0. The molecule has 2 heterocycles. The van der Waals surface area contributed by atoms with E-state index in [9.17, 15) is 4.79 Å². The fourth-order valence-corrected chi connectivity index (χ4v) is 3.59. The van der Waals surface area contributed by atoms with Crippen LogP contribution in [0.3, 0.4) is 0 Å². The highest BCUT2D eigenvalue weighted by molar-refractivity contribution is 7.98. The van der Waals surface area contributed by atoms with Gasteiger partial charge in [-0.3, -0.25) is 4.98 Å². The van der Waals surface area contributed by atoms with Crippen molar-refractivity contribution in [1.82, 2.24) is 14.9 Å². The number of hydrogen-bond acceptors (Lipinski definition) is 6. The second-order valence-corrected chi connectivity index (χ2v) is 8.33. The summed E-state index contributed by atoms with van der Waals surface area (Å²) in [7, 11) is 0. The maximum absolute atomic E-state index is 12.4. The summed E-state index contributed by atoms with van der Waals surface area (Å²) in [6.07, 6.45) is 10.3. The number of piperidine rings is 1. The average Bonchev–Trinajstić information content (AvgIpc) is 2.60. The predicted octanol–water partition coefficient (Wildman–Crippen LogP) is 4.28. The molecular weight excluding hydrogens is 350 g/mol. The summed E-state index contributed by atoms with van der Waals surface area (Å²) in [6.45, 7) is 7.65. The molecule has 0 aromatic carbocycles. The first kappa shape index (κ1) is 21.0. The molecule has 1 aliphatic rings. The molecule has 1 aromatic heterocycles. The second kappa shape index (κ2) is 10.1. The zero-order valence-electron chi connectivity index (χ0n) is 16.4. The fourth-order valence-electron chi connectivity index (χ4n) is 3.08. The van der Waals surface area contributed by atoms with Crippen molar-refractivity contribution >= 4 is 17.9 Å². The molecule has 7 heteroatoms. The highest BCUT2D eigenvalue weighted by Gasteiger charge is 2.29. The Balaban J connectivity index is 1.75. The van der Waals surface area contributed by atoms with Crippen molar-refractivity contribution in [2.45, 2.75) is 76.2 Å². The molecule has 1 aliphatic heterocycles. The van der Waals surface area contributed by atoms with Crippen LogP contribution in [0.1, 0.15) is 58.6 Å². The first-order valence-corrected chi connectivity index (χ1v) is 10.5. The molecule has 1 fully saturated rings. The van der Waals surface area contributed by atoms with Gasteiger partial charge in [-0.2, -0.15) is 0 Å². The second-order valence-electron chi connectivity index (χ2n) is 7.53. The van der Waals surface area contributed by atoms with Crippen molar-refractivity contribution in [1.29, 1.82) is 0 Å². The van der Waals surface area contributed by atoms with Crippen LogP contribution in [-0.2, 0) is 16.1 Å². The number of amides is 1. The van der Waals surface area contributed by atoms with Crippen LogP contribution in [-0.4, -0.2) is 52.0 Å². The number of carbonyl (C=O) groups is 1. The van der Waals surface area contributed by atoms with E-state index >= 15 is 0 Å². The van der Waals surface area contributed by atoms with Crippen LogP contribution in [0.2, 0.25) is 0 Å². The van der Waals surface area contributed by atoms with Gasteiger partial charge in [0.15, 0.2) is 0 Å². The van der Waals surface area contributed by atoms with Gasteiger partial charge in [-0.05, 0) is 59.1 Å². The van der Waals surface area contributed by atoms with Gasteiger partial charge in [-0.1, -0.05) is 0 Å². The third-order valence-electron chi connectivity index (χ3n) is 4.25. The van der Waals surface area contributed by atoms with E-state index in [4.69, 9.17) is 9.47 Å². The molecule has 0 radical (unpaired) electrons. The van der Waals surface area contributed by atoms with E-state index in [1.807, 2.05) is 31.9 Å². The topological polar surface area (TPSA) is 64.6 Å². The lowest BCUT2D eigenvalue weighted by Gasteiger charge is -2.36. The molecule has 146 valence electrons. The van der Waals surface area contributed by atoms with E-state index in [0.29, 0.717) is 13.2 Å². The van der Waals surface area contributed by atoms with Crippen molar-refractivity contribution in [2.24, 2.45) is 0 Å². The van der Waals surface area contributed by atoms with Gasteiger partial charge < -0.3 is 14.4 Å². The monoisotopic (exact) mass is 381 g/mol. The summed E-state index contributed by atoms with van der Waals surface area (Å²) in [6, 6.07) is 0.250. The molecule has 0 spiro atoms. The lowest BCUT2D eigenvalue weighted by Crippen LogP contribution is -2.46. The molecule has 1 atom stereocenters. The Morgan fingerprint density at radius 3 is 2.81 bits per heavy atom. The lowest BCUT2D eigenvalue weighted by atomic mass is 9.98. The van der Waals surface area contributed by atoms with E-state index in [2.05, 4.69) is 9.97 Å². The SMILES string of the molecule is CSc1nccnc1COCCC[C@H]1CCCCN1C(=O)OC(C)(C)C. The lowest BCUT2D eigenvalue weighted by molar-refractivity contribution is 0.00721. The first-order valence-electron chi connectivity index (χ1n) is 9.32. The van der Waals surface area contributed by atoms with Gasteiger partial charge in [-0.25, -0.2) is 9.78 Å². The van der Waals surface area contributed by atoms with Crippen molar-refractivity contribution in [3.8, 4) is 0 Å². The number of likely N-dealkylation sites (tertiary alicyclic amines) is 1. The van der Waals surface area contributed by atoms with Crippen molar-refractivity contribution in [3.63, 3.8) is 0 Å². The normalized spacial score (nSPS) is 18.0. The van der Waals surface area contributed by atoms with Gasteiger partial charge in [0, 0.05) is 31.6 Å². The largest absolute Gasteiger partial charge is 0.444 e. The van der Waals surface area contributed by atoms with Crippen LogP contribution < -0.4 is 0 Å². The molecule has 0 aliphatic carbocycles. The van der Waals surface area contributed by atoms with E-state index in [-0.39, 0.29) is 12.1 Å². The van der Waals surface area contributed by atoms with Gasteiger partial charge in [0.2, 0.25) is 0 Å². The molecule has 1 amide bonds.